The summed E-state index contributed by atoms with van der Waals surface area (Å²) in [6.45, 7) is 5.37. The van der Waals surface area contributed by atoms with Crippen LogP contribution in [0.15, 0.2) is 22.8 Å². The van der Waals surface area contributed by atoms with Gasteiger partial charge in [0.05, 0.1) is 17.8 Å². The van der Waals surface area contributed by atoms with Crippen LogP contribution in [0, 0.1) is 0 Å². The van der Waals surface area contributed by atoms with Crippen LogP contribution in [-0.2, 0) is 11.3 Å². The number of aromatic nitrogens is 2. The van der Waals surface area contributed by atoms with Crippen molar-refractivity contribution in [1.82, 2.24) is 20.0 Å². The first-order valence-corrected chi connectivity index (χ1v) is 7.33. The van der Waals surface area contributed by atoms with E-state index in [0.717, 1.165) is 16.6 Å². The van der Waals surface area contributed by atoms with Gasteiger partial charge >= 0.3 is 0 Å². The van der Waals surface area contributed by atoms with Gasteiger partial charge in [-0.15, -0.1) is 35.3 Å². The Balaban J connectivity index is 0.00000220. The lowest BCUT2D eigenvalue weighted by atomic mass is 10.1. The maximum absolute atomic E-state index is 5.37. The minimum absolute atomic E-state index is 0. The number of rotatable bonds is 5. The monoisotopic (exact) mass is 423 g/mol. The van der Waals surface area contributed by atoms with Gasteiger partial charge in [-0.25, -0.2) is 4.98 Å². The zero-order valence-corrected chi connectivity index (χ0v) is 15.9. The molecule has 0 fully saturated rings. The van der Waals surface area contributed by atoms with E-state index < -0.39 is 0 Å². The van der Waals surface area contributed by atoms with E-state index in [4.69, 9.17) is 4.74 Å². The van der Waals surface area contributed by atoms with Crippen LogP contribution in [0.25, 0.3) is 4.96 Å². The third kappa shape index (κ3) is 5.11. The molecule has 0 aliphatic heterocycles. The molecule has 0 aliphatic rings. The van der Waals surface area contributed by atoms with E-state index >= 15 is 0 Å². The lowest BCUT2D eigenvalue weighted by Gasteiger charge is -2.24. The third-order valence-corrected chi connectivity index (χ3v) is 3.81. The number of hydrogen-bond acceptors (Lipinski definition) is 4. The Morgan fingerprint density at radius 1 is 1.48 bits per heavy atom. The molecule has 0 saturated heterocycles. The molecule has 2 rings (SSSR count). The molecule has 0 radical (unpaired) electrons. The SMILES string of the molecule is CN=C(NCc1cn2ccsc2n1)NCC(C)(C)OC.I. The summed E-state index contributed by atoms with van der Waals surface area (Å²) in [5.74, 6) is 0.742. The molecule has 0 amide bonds. The van der Waals surface area contributed by atoms with Gasteiger partial charge in [0.25, 0.3) is 0 Å². The topological polar surface area (TPSA) is 63.0 Å². The summed E-state index contributed by atoms with van der Waals surface area (Å²) in [5.41, 5.74) is 0.764. The van der Waals surface area contributed by atoms with Crippen molar-refractivity contribution in [3.05, 3.63) is 23.5 Å². The van der Waals surface area contributed by atoms with E-state index in [1.807, 2.05) is 36.0 Å². The molecular weight excluding hydrogens is 401 g/mol. The van der Waals surface area contributed by atoms with Crippen LogP contribution in [-0.4, -0.2) is 41.6 Å². The smallest absolute Gasteiger partial charge is 0.193 e. The van der Waals surface area contributed by atoms with Gasteiger partial charge in [0.2, 0.25) is 0 Å². The predicted octanol–water partition coefficient (Wildman–Crippen LogP) is 2.10. The van der Waals surface area contributed by atoms with Gasteiger partial charge in [0.15, 0.2) is 10.9 Å². The maximum atomic E-state index is 5.37. The number of guanidine groups is 1. The summed E-state index contributed by atoms with van der Waals surface area (Å²) < 4.78 is 7.38. The quantitative estimate of drug-likeness (QED) is 0.440. The van der Waals surface area contributed by atoms with Crippen molar-refractivity contribution >= 4 is 46.2 Å². The summed E-state index contributed by atoms with van der Waals surface area (Å²) in [6, 6.07) is 0. The maximum Gasteiger partial charge on any atom is 0.193 e. The molecule has 118 valence electrons. The Hall–Kier alpha value is -0.870. The third-order valence-electron chi connectivity index (χ3n) is 3.04. The van der Waals surface area contributed by atoms with Crippen LogP contribution < -0.4 is 10.6 Å². The van der Waals surface area contributed by atoms with Crippen molar-refractivity contribution in [1.29, 1.82) is 0 Å². The van der Waals surface area contributed by atoms with Crippen LogP contribution in [0.2, 0.25) is 0 Å². The van der Waals surface area contributed by atoms with Gasteiger partial charge in [-0.05, 0) is 13.8 Å². The molecule has 0 aliphatic carbocycles. The van der Waals surface area contributed by atoms with Crippen LogP contribution in [0.4, 0.5) is 0 Å². The number of aliphatic imine (C=N–C) groups is 1. The first kappa shape index (κ1) is 18.2. The molecule has 0 atom stereocenters. The fourth-order valence-corrected chi connectivity index (χ4v) is 2.34. The van der Waals surface area contributed by atoms with Gasteiger partial charge in [0, 0.05) is 38.5 Å². The highest BCUT2D eigenvalue weighted by Gasteiger charge is 2.16. The number of fused-ring (bicyclic) bond motifs is 1. The van der Waals surface area contributed by atoms with Crippen molar-refractivity contribution in [2.75, 3.05) is 20.7 Å². The summed E-state index contributed by atoms with van der Waals surface area (Å²) >= 11 is 1.63. The number of methoxy groups -OCH3 is 1. The molecule has 21 heavy (non-hydrogen) atoms. The van der Waals surface area contributed by atoms with Crippen LogP contribution >= 0.6 is 35.3 Å². The van der Waals surface area contributed by atoms with E-state index in [1.165, 1.54) is 0 Å². The van der Waals surface area contributed by atoms with Crippen molar-refractivity contribution < 1.29 is 4.74 Å². The van der Waals surface area contributed by atoms with Crippen molar-refractivity contribution in [2.24, 2.45) is 4.99 Å². The van der Waals surface area contributed by atoms with E-state index in [2.05, 4.69) is 20.6 Å². The molecule has 0 aromatic carbocycles. The molecule has 8 heteroatoms. The zero-order valence-electron chi connectivity index (χ0n) is 12.7. The van der Waals surface area contributed by atoms with Crippen LogP contribution in [0.5, 0.6) is 0 Å². The van der Waals surface area contributed by atoms with Gasteiger partial charge in [-0.3, -0.25) is 9.39 Å². The number of hydrogen-bond donors (Lipinski definition) is 2. The minimum Gasteiger partial charge on any atom is -0.377 e. The molecule has 2 N–H and O–H groups in total. The van der Waals surface area contributed by atoms with Gasteiger partial charge in [0.1, 0.15) is 0 Å². The number of ether oxygens (including phenoxy) is 1. The molecule has 6 nitrogen and oxygen atoms in total. The van der Waals surface area contributed by atoms with Gasteiger partial charge in [-0.1, -0.05) is 0 Å². The number of imidazole rings is 1. The largest absolute Gasteiger partial charge is 0.377 e. The molecular formula is C13H22IN5OS. The molecule has 0 saturated carbocycles. The van der Waals surface area contributed by atoms with Crippen molar-refractivity contribution in [3.63, 3.8) is 0 Å². The van der Waals surface area contributed by atoms with E-state index in [0.29, 0.717) is 13.1 Å². The summed E-state index contributed by atoms with van der Waals surface area (Å²) in [7, 11) is 3.45. The fourth-order valence-electron chi connectivity index (χ4n) is 1.62. The highest BCUT2D eigenvalue weighted by molar-refractivity contribution is 14.0. The summed E-state index contributed by atoms with van der Waals surface area (Å²) in [4.78, 5) is 9.71. The molecule has 2 aromatic rings. The molecule has 2 heterocycles. The minimum atomic E-state index is -0.228. The lowest BCUT2D eigenvalue weighted by molar-refractivity contribution is 0.0268. The molecule has 0 bridgehead atoms. The number of nitrogens with one attached hydrogen (secondary N) is 2. The van der Waals surface area contributed by atoms with E-state index in [9.17, 15) is 0 Å². The zero-order chi connectivity index (χ0) is 14.6. The van der Waals surface area contributed by atoms with Gasteiger partial charge < -0.3 is 15.4 Å². The van der Waals surface area contributed by atoms with Crippen LogP contribution in [0.3, 0.4) is 0 Å². The Morgan fingerprint density at radius 3 is 2.86 bits per heavy atom. The fraction of sp³-hybridized carbons (Fsp3) is 0.538. The number of thiazole rings is 1. The second kappa shape index (κ2) is 7.95. The Labute approximate surface area is 146 Å². The Morgan fingerprint density at radius 2 is 2.24 bits per heavy atom. The average Bonchev–Trinajstić information content (AvgIpc) is 2.99. The summed E-state index contributed by atoms with van der Waals surface area (Å²) in [6.07, 6.45) is 4.02. The van der Waals surface area contributed by atoms with Crippen molar-refractivity contribution in [2.45, 2.75) is 26.0 Å². The lowest BCUT2D eigenvalue weighted by Crippen LogP contribution is -2.45. The molecule has 2 aromatic heterocycles. The first-order valence-electron chi connectivity index (χ1n) is 6.45. The molecule has 0 spiro atoms. The first-order chi connectivity index (χ1) is 9.54. The second-order valence-corrected chi connectivity index (χ2v) is 5.94. The number of nitrogens with zero attached hydrogens (tertiary/aromatic N) is 3. The summed E-state index contributed by atoms with van der Waals surface area (Å²) in [5, 5.41) is 8.51. The highest BCUT2D eigenvalue weighted by Crippen LogP contribution is 2.11. The number of halogens is 1. The van der Waals surface area contributed by atoms with E-state index in [1.54, 1.807) is 25.5 Å². The Bertz CT molecular complexity index is 564. The standard InChI is InChI=1S/C13H21N5OS.HI/c1-13(2,19-4)9-16-11(14-3)15-7-10-8-18-5-6-20-12(18)17-10;/h5-6,8H,7,9H2,1-4H3,(H2,14,15,16);1H. The predicted molar refractivity (Wildman–Crippen MR) is 97.8 cm³/mol. The highest BCUT2D eigenvalue weighted by atomic mass is 127. The van der Waals surface area contributed by atoms with Gasteiger partial charge in [-0.2, -0.15) is 0 Å². The Kier molecular flexibility index (Phi) is 6.88. The van der Waals surface area contributed by atoms with Crippen LogP contribution in [0.1, 0.15) is 19.5 Å². The second-order valence-electron chi connectivity index (χ2n) is 5.07. The average molecular weight is 423 g/mol. The molecule has 0 unspecified atom stereocenters. The van der Waals surface area contributed by atoms with E-state index in [-0.39, 0.29) is 29.6 Å². The normalized spacial score (nSPS) is 12.3. The van der Waals surface area contributed by atoms with Crippen molar-refractivity contribution in [3.8, 4) is 0 Å².